The van der Waals surface area contributed by atoms with Crippen LogP contribution in [0.4, 0.5) is 4.39 Å². The molecule has 0 saturated heterocycles. The molecule has 1 aromatic rings. The molecule has 3 aliphatic rings. The Hall–Kier alpha value is -3.16. The first-order valence-corrected chi connectivity index (χ1v) is 8.15. The van der Waals surface area contributed by atoms with Crippen molar-refractivity contribution in [2.75, 3.05) is 26.9 Å². The van der Waals surface area contributed by atoms with E-state index in [1.165, 1.54) is 18.3 Å². The van der Waals surface area contributed by atoms with Crippen LogP contribution < -0.4 is 10.1 Å². The number of carbonyl (C=O) groups excluding carboxylic acids is 1. The summed E-state index contributed by atoms with van der Waals surface area (Å²) in [6, 6.07) is 4.39. The molecule has 0 unspecified atom stereocenters. The third-order valence-corrected chi connectivity index (χ3v) is 3.89. The summed E-state index contributed by atoms with van der Waals surface area (Å²) in [6.45, 7) is 5.00. The molecule has 1 aromatic carbocycles. The van der Waals surface area contributed by atoms with Crippen LogP contribution in [0, 0.1) is 5.82 Å². The van der Waals surface area contributed by atoms with Crippen molar-refractivity contribution in [3.8, 4) is 5.75 Å². The monoisotopic (exact) mass is 357 g/mol. The highest BCUT2D eigenvalue weighted by molar-refractivity contribution is 6.11. The van der Waals surface area contributed by atoms with Crippen LogP contribution in [-0.4, -0.2) is 54.7 Å². The van der Waals surface area contributed by atoms with Crippen molar-refractivity contribution < 1.29 is 13.9 Å². The van der Waals surface area contributed by atoms with Crippen molar-refractivity contribution in [3.05, 3.63) is 54.0 Å². The van der Waals surface area contributed by atoms with Crippen molar-refractivity contribution in [1.82, 2.24) is 15.2 Å². The second-order valence-corrected chi connectivity index (χ2v) is 5.90. The molecule has 1 amide bonds. The highest BCUT2D eigenvalue weighted by Gasteiger charge is 2.14. The van der Waals surface area contributed by atoms with Crippen molar-refractivity contribution in [1.29, 1.82) is 0 Å². The van der Waals surface area contributed by atoms with Crippen LogP contribution in [-0.2, 0) is 11.3 Å². The molecular weight excluding hydrogens is 337 g/mol. The van der Waals surface area contributed by atoms with Gasteiger partial charge in [0.1, 0.15) is 30.7 Å². The maximum absolute atomic E-state index is 13.7. The first kappa shape index (κ1) is 17.7. The van der Waals surface area contributed by atoms with E-state index in [-0.39, 0.29) is 23.9 Å². The Morgan fingerprint density at radius 1 is 1.38 bits per heavy atom. The number of likely N-dealkylation sites (N-methyl/N-ethyl adjacent to an activating group) is 1. The fraction of sp³-hybridized carbons (Fsp3) is 0.278. The van der Waals surface area contributed by atoms with Crippen LogP contribution in [0.5, 0.6) is 5.75 Å². The van der Waals surface area contributed by atoms with Crippen LogP contribution in [0.1, 0.15) is 5.56 Å². The molecule has 3 aliphatic heterocycles. The van der Waals surface area contributed by atoms with Crippen molar-refractivity contribution in [2.24, 2.45) is 10.1 Å². The van der Waals surface area contributed by atoms with Crippen LogP contribution in [0.2, 0.25) is 0 Å². The molecule has 7 nitrogen and oxygen atoms in total. The third-order valence-electron chi connectivity index (χ3n) is 3.89. The number of nitrogens with zero attached hydrogens (tertiary/aromatic N) is 4. The summed E-state index contributed by atoms with van der Waals surface area (Å²) in [4.78, 5) is 18.3. The summed E-state index contributed by atoms with van der Waals surface area (Å²) >= 11 is 0. The Balaban J connectivity index is 1.86. The maximum atomic E-state index is 13.7. The van der Waals surface area contributed by atoms with Crippen LogP contribution in [0.15, 0.2) is 52.7 Å². The van der Waals surface area contributed by atoms with Crippen LogP contribution >= 0.6 is 0 Å². The van der Waals surface area contributed by atoms with E-state index < -0.39 is 0 Å². The lowest BCUT2D eigenvalue weighted by atomic mass is 10.2. The van der Waals surface area contributed by atoms with Gasteiger partial charge in [-0.1, -0.05) is 6.58 Å². The molecule has 8 heteroatoms. The van der Waals surface area contributed by atoms with Gasteiger partial charge >= 0.3 is 0 Å². The SMILES string of the molecule is C=C1/C=N\N2C=CC(=NC2)N(C)Cc2cc(F)ccc2OCCNC1=O. The lowest BCUT2D eigenvalue weighted by Crippen LogP contribution is -2.31. The predicted octanol–water partition coefficient (Wildman–Crippen LogP) is 1.49. The zero-order valence-electron chi connectivity index (χ0n) is 14.5. The van der Waals surface area contributed by atoms with Gasteiger partial charge in [0.25, 0.3) is 5.91 Å². The number of nitrogens with one attached hydrogen (secondary N) is 1. The molecule has 0 aliphatic carbocycles. The Kier molecular flexibility index (Phi) is 5.31. The van der Waals surface area contributed by atoms with Gasteiger partial charge in [-0.2, -0.15) is 5.10 Å². The molecule has 0 saturated carbocycles. The quantitative estimate of drug-likeness (QED) is 0.715. The van der Waals surface area contributed by atoms with Gasteiger partial charge in [0.2, 0.25) is 0 Å². The minimum Gasteiger partial charge on any atom is -0.491 e. The van der Waals surface area contributed by atoms with Crippen LogP contribution in [0.25, 0.3) is 0 Å². The highest BCUT2D eigenvalue weighted by atomic mass is 19.1. The molecule has 0 spiro atoms. The Labute approximate surface area is 151 Å². The van der Waals surface area contributed by atoms with Gasteiger partial charge in [0.05, 0.1) is 18.3 Å². The smallest absolute Gasteiger partial charge is 0.252 e. The number of fused-ring (bicyclic) bond motifs is 8. The summed E-state index contributed by atoms with van der Waals surface area (Å²) < 4.78 is 19.4. The zero-order valence-corrected chi connectivity index (χ0v) is 14.5. The van der Waals surface area contributed by atoms with E-state index in [9.17, 15) is 9.18 Å². The predicted molar refractivity (Wildman–Crippen MR) is 97.3 cm³/mol. The first-order chi connectivity index (χ1) is 12.5. The molecule has 0 radical (unpaired) electrons. The number of hydrogen-bond donors (Lipinski definition) is 1. The van der Waals surface area contributed by atoms with E-state index in [4.69, 9.17) is 4.74 Å². The molecule has 2 bridgehead atoms. The summed E-state index contributed by atoms with van der Waals surface area (Å²) in [5.74, 6) is 0.660. The van der Waals surface area contributed by atoms with E-state index in [1.807, 2.05) is 11.9 Å². The van der Waals surface area contributed by atoms with Gasteiger partial charge < -0.3 is 15.0 Å². The normalized spacial score (nSPS) is 19.5. The Bertz CT molecular complexity index is 803. The van der Waals surface area contributed by atoms with Gasteiger partial charge in [0.15, 0.2) is 0 Å². The number of carbonyl (C=O) groups is 1. The second kappa shape index (κ2) is 7.81. The minimum atomic E-state index is -0.332. The summed E-state index contributed by atoms with van der Waals surface area (Å²) in [5, 5.41) is 8.47. The number of amidine groups is 1. The minimum absolute atomic E-state index is 0.236. The molecule has 0 atom stereocenters. The number of amides is 1. The number of aliphatic imine (C=N–C) groups is 1. The molecule has 136 valence electrons. The maximum Gasteiger partial charge on any atom is 0.252 e. The number of ether oxygens (including phenoxy) is 1. The number of hydrogen-bond acceptors (Lipinski definition) is 6. The average Bonchev–Trinajstić information content (AvgIpc) is 2.64. The van der Waals surface area contributed by atoms with Gasteiger partial charge in [-0.15, -0.1) is 0 Å². The molecule has 26 heavy (non-hydrogen) atoms. The van der Waals surface area contributed by atoms with E-state index in [1.54, 1.807) is 23.4 Å². The lowest BCUT2D eigenvalue weighted by Gasteiger charge is -2.25. The van der Waals surface area contributed by atoms with E-state index >= 15 is 0 Å². The van der Waals surface area contributed by atoms with Crippen molar-refractivity contribution in [3.63, 3.8) is 0 Å². The summed E-state index contributed by atoms with van der Waals surface area (Å²) in [6.07, 6.45) is 4.96. The number of rotatable bonds is 0. The van der Waals surface area contributed by atoms with Gasteiger partial charge in [0, 0.05) is 25.4 Å². The molecule has 1 N–H and O–H groups in total. The number of benzene rings is 1. The Morgan fingerprint density at radius 3 is 3.00 bits per heavy atom. The molecule has 3 heterocycles. The van der Waals surface area contributed by atoms with Gasteiger partial charge in [-0.3, -0.25) is 9.80 Å². The summed E-state index contributed by atoms with van der Waals surface area (Å²) in [5.41, 5.74) is 0.937. The molecular formula is C18H20FN5O2. The summed E-state index contributed by atoms with van der Waals surface area (Å²) in [7, 11) is 1.88. The average molecular weight is 357 g/mol. The highest BCUT2D eigenvalue weighted by Crippen LogP contribution is 2.22. The van der Waals surface area contributed by atoms with Crippen LogP contribution in [0.3, 0.4) is 0 Å². The van der Waals surface area contributed by atoms with Gasteiger partial charge in [-0.05, 0) is 24.3 Å². The molecule has 0 fully saturated rings. The van der Waals surface area contributed by atoms with Gasteiger partial charge in [-0.25, -0.2) is 9.38 Å². The molecule has 0 aromatic heterocycles. The van der Waals surface area contributed by atoms with E-state index in [0.29, 0.717) is 31.1 Å². The second-order valence-electron chi connectivity index (χ2n) is 5.90. The largest absolute Gasteiger partial charge is 0.491 e. The lowest BCUT2D eigenvalue weighted by molar-refractivity contribution is -0.117. The van der Waals surface area contributed by atoms with Crippen molar-refractivity contribution >= 4 is 18.0 Å². The fourth-order valence-electron chi connectivity index (χ4n) is 2.51. The first-order valence-electron chi connectivity index (χ1n) is 8.15. The fourth-order valence-corrected chi connectivity index (χ4v) is 2.51. The van der Waals surface area contributed by atoms with E-state index in [2.05, 4.69) is 22.0 Å². The van der Waals surface area contributed by atoms with E-state index in [0.717, 1.165) is 5.84 Å². The molecule has 4 rings (SSSR count). The standard InChI is InChI=1S/C18H20FN5O2/c1-13-10-22-24-7-5-17(21-12-24)23(2)11-14-9-15(19)3-4-16(14)26-8-6-20-18(13)25/h3-5,7,9-10H,1,6,8,11-12H2,2H3,(H,20,25)/b22-10-. The Morgan fingerprint density at radius 2 is 2.23 bits per heavy atom. The topological polar surface area (TPSA) is 69.5 Å². The number of halogens is 1. The van der Waals surface area contributed by atoms with Crippen molar-refractivity contribution in [2.45, 2.75) is 6.54 Å². The zero-order chi connectivity index (χ0) is 18.5. The number of hydrazone groups is 1. The third kappa shape index (κ3) is 4.27.